The van der Waals surface area contributed by atoms with E-state index in [-0.39, 0.29) is 12.4 Å². The molecule has 1 aromatic rings. The van der Waals surface area contributed by atoms with Gasteiger partial charge >= 0.3 is 0 Å². The van der Waals surface area contributed by atoms with Gasteiger partial charge in [-0.2, -0.15) is 0 Å². The van der Waals surface area contributed by atoms with E-state index in [9.17, 15) is 4.21 Å². The van der Waals surface area contributed by atoms with Crippen LogP contribution in [0.5, 0.6) is 0 Å². The standard InChI is InChI=1S/C10H16N2O2S/c1-8(2)9-5-10(7-12-6-9)15(11,14)4-3-13/h5-8,11,13H,3-4H2,1-2H3/t15-/m0/s1. The van der Waals surface area contributed by atoms with Gasteiger partial charge in [-0.15, -0.1) is 0 Å². The topological polar surface area (TPSA) is 74.0 Å². The molecule has 0 saturated heterocycles. The van der Waals surface area contributed by atoms with Crippen LogP contribution in [0.3, 0.4) is 0 Å². The van der Waals surface area contributed by atoms with E-state index in [2.05, 4.69) is 4.98 Å². The van der Waals surface area contributed by atoms with Crippen LogP contribution in [0.4, 0.5) is 0 Å². The summed E-state index contributed by atoms with van der Waals surface area (Å²) in [6, 6.07) is 1.74. The summed E-state index contributed by atoms with van der Waals surface area (Å²) in [6.07, 6.45) is 3.15. The number of nitrogens with one attached hydrogen (secondary N) is 1. The van der Waals surface area contributed by atoms with Gasteiger partial charge in [-0.1, -0.05) is 13.8 Å². The molecular formula is C10H16N2O2S. The van der Waals surface area contributed by atoms with Gasteiger partial charge in [0.1, 0.15) is 0 Å². The normalized spacial score (nSPS) is 15.2. The van der Waals surface area contributed by atoms with Crippen LogP contribution in [0.25, 0.3) is 0 Å². The van der Waals surface area contributed by atoms with Crippen LogP contribution in [-0.2, 0) is 9.73 Å². The molecule has 0 radical (unpaired) electrons. The number of aromatic nitrogens is 1. The predicted octanol–water partition coefficient (Wildman–Crippen LogP) is 1.60. The van der Waals surface area contributed by atoms with E-state index in [0.717, 1.165) is 5.56 Å². The molecule has 15 heavy (non-hydrogen) atoms. The fraction of sp³-hybridized carbons (Fsp3) is 0.500. The maximum atomic E-state index is 11.8. The maximum absolute atomic E-state index is 11.8. The van der Waals surface area contributed by atoms with Crippen molar-refractivity contribution in [3.8, 4) is 0 Å². The molecule has 0 amide bonds. The minimum absolute atomic E-state index is 0.0315. The monoisotopic (exact) mass is 228 g/mol. The van der Waals surface area contributed by atoms with Crippen molar-refractivity contribution in [1.82, 2.24) is 4.98 Å². The Morgan fingerprint density at radius 2 is 2.20 bits per heavy atom. The first-order valence-electron chi connectivity index (χ1n) is 4.79. The van der Waals surface area contributed by atoms with Crippen molar-refractivity contribution in [3.05, 3.63) is 24.0 Å². The summed E-state index contributed by atoms with van der Waals surface area (Å²) in [4.78, 5) is 4.38. The molecule has 84 valence electrons. The molecule has 0 aliphatic heterocycles. The molecule has 4 nitrogen and oxygen atoms in total. The van der Waals surface area contributed by atoms with Crippen molar-refractivity contribution in [1.29, 1.82) is 4.78 Å². The van der Waals surface area contributed by atoms with E-state index in [4.69, 9.17) is 9.89 Å². The first-order chi connectivity index (χ1) is 6.97. The van der Waals surface area contributed by atoms with Crippen molar-refractivity contribution in [2.75, 3.05) is 12.4 Å². The highest BCUT2D eigenvalue weighted by Crippen LogP contribution is 2.18. The molecule has 0 saturated carbocycles. The number of rotatable bonds is 4. The van der Waals surface area contributed by atoms with Crippen LogP contribution in [0.2, 0.25) is 0 Å². The van der Waals surface area contributed by atoms with E-state index < -0.39 is 9.73 Å². The zero-order valence-electron chi connectivity index (χ0n) is 8.93. The molecule has 0 aliphatic carbocycles. The average Bonchev–Trinajstić information content (AvgIpc) is 2.18. The molecule has 1 atom stereocenters. The Morgan fingerprint density at radius 3 is 2.73 bits per heavy atom. The SMILES string of the molecule is CC(C)c1cncc([S@@](=N)(=O)CCO)c1. The van der Waals surface area contributed by atoms with Crippen molar-refractivity contribution in [2.24, 2.45) is 0 Å². The van der Waals surface area contributed by atoms with E-state index in [0.29, 0.717) is 10.8 Å². The summed E-state index contributed by atoms with van der Waals surface area (Å²) >= 11 is 0. The smallest absolute Gasteiger partial charge is 0.0764 e. The zero-order valence-corrected chi connectivity index (χ0v) is 9.75. The molecule has 0 spiro atoms. The molecule has 0 bridgehead atoms. The minimum atomic E-state index is -2.88. The van der Waals surface area contributed by atoms with Crippen molar-refractivity contribution < 1.29 is 9.32 Å². The summed E-state index contributed by atoms with van der Waals surface area (Å²) in [7, 11) is -2.88. The molecule has 0 fully saturated rings. The first kappa shape index (κ1) is 12.1. The van der Waals surface area contributed by atoms with Gasteiger partial charge in [0.15, 0.2) is 0 Å². The molecular weight excluding hydrogens is 212 g/mol. The van der Waals surface area contributed by atoms with E-state index >= 15 is 0 Å². The quantitative estimate of drug-likeness (QED) is 0.822. The third-order valence-corrected chi connectivity index (χ3v) is 3.90. The van der Waals surface area contributed by atoms with Crippen molar-refractivity contribution in [2.45, 2.75) is 24.7 Å². The van der Waals surface area contributed by atoms with Gasteiger partial charge in [0, 0.05) is 12.4 Å². The van der Waals surface area contributed by atoms with E-state index in [1.165, 1.54) is 6.20 Å². The second-order valence-corrected chi connectivity index (χ2v) is 5.94. The van der Waals surface area contributed by atoms with Crippen molar-refractivity contribution >= 4 is 9.73 Å². The molecule has 1 rings (SSSR count). The lowest BCUT2D eigenvalue weighted by Crippen LogP contribution is -2.09. The van der Waals surface area contributed by atoms with Crippen LogP contribution in [0, 0.1) is 4.78 Å². The Kier molecular flexibility index (Phi) is 3.82. The van der Waals surface area contributed by atoms with Gasteiger partial charge in [0.05, 0.1) is 27.0 Å². The molecule has 0 aromatic carbocycles. The number of pyridine rings is 1. The number of nitrogens with zero attached hydrogens (tertiary/aromatic N) is 1. The maximum Gasteiger partial charge on any atom is 0.0764 e. The largest absolute Gasteiger partial charge is 0.395 e. The van der Waals surface area contributed by atoms with Crippen LogP contribution in [0.1, 0.15) is 25.3 Å². The minimum Gasteiger partial charge on any atom is -0.395 e. The summed E-state index contributed by atoms with van der Waals surface area (Å²) in [6.45, 7) is 3.78. The van der Waals surface area contributed by atoms with Crippen LogP contribution >= 0.6 is 0 Å². The Hall–Kier alpha value is -0.940. The second-order valence-electron chi connectivity index (χ2n) is 3.71. The fourth-order valence-corrected chi connectivity index (χ4v) is 2.23. The highest BCUT2D eigenvalue weighted by atomic mass is 32.2. The van der Waals surface area contributed by atoms with Crippen LogP contribution in [0.15, 0.2) is 23.4 Å². The molecule has 2 N–H and O–H groups in total. The van der Waals surface area contributed by atoms with Gasteiger partial charge in [-0.25, -0.2) is 8.99 Å². The second kappa shape index (κ2) is 4.72. The number of hydrogen-bond donors (Lipinski definition) is 2. The van der Waals surface area contributed by atoms with Gasteiger partial charge in [0.2, 0.25) is 0 Å². The number of hydrogen-bond acceptors (Lipinski definition) is 4. The lowest BCUT2D eigenvalue weighted by atomic mass is 10.1. The Labute approximate surface area is 90.3 Å². The first-order valence-corrected chi connectivity index (χ1v) is 6.52. The Bertz CT molecular complexity index is 427. The molecule has 1 aromatic heterocycles. The molecule has 0 aliphatic rings. The summed E-state index contributed by atoms with van der Waals surface area (Å²) in [5.74, 6) is 0.262. The summed E-state index contributed by atoms with van der Waals surface area (Å²) in [5.41, 5.74) is 0.963. The highest BCUT2D eigenvalue weighted by Gasteiger charge is 2.11. The Morgan fingerprint density at radius 1 is 1.53 bits per heavy atom. The lowest BCUT2D eigenvalue weighted by Gasteiger charge is -2.09. The number of aliphatic hydroxyl groups is 1. The fourth-order valence-electron chi connectivity index (χ4n) is 1.18. The van der Waals surface area contributed by atoms with Gasteiger partial charge < -0.3 is 5.11 Å². The van der Waals surface area contributed by atoms with E-state index in [1.807, 2.05) is 13.8 Å². The van der Waals surface area contributed by atoms with Crippen molar-refractivity contribution in [3.63, 3.8) is 0 Å². The van der Waals surface area contributed by atoms with E-state index in [1.54, 1.807) is 12.3 Å². The number of aliphatic hydroxyl groups excluding tert-OH is 1. The zero-order chi connectivity index (χ0) is 11.5. The van der Waals surface area contributed by atoms with Crippen LogP contribution in [-0.4, -0.2) is 26.7 Å². The predicted molar refractivity (Wildman–Crippen MR) is 59.4 cm³/mol. The highest BCUT2D eigenvalue weighted by molar-refractivity contribution is 7.92. The van der Waals surface area contributed by atoms with Gasteiger partial charge in [0.25, 0.3) is 0 Å². The summed E-state index contributed by atoms with van der Waals surface area (Å²) in [5, 5.41) is 8.72. The third-order valence-electron chi connectivity index (χ3n) is 2.16. The molecule has 5 heteroatoms. The lowest BCUT2D eigenvalue weighted by molar-refractivity contribution is 0.321. The Balaban J connectivity index is 3.11. The molecule has 1 heterocycles. The van der Waals surface area contributed by atoms with Crippen LogP contribution < -0.4 is 0 Å². The van der Waals surface area contributed by atoms with Gasteiger partial charge in [-0.3, -0.25) is 4.98 Å². The third kappa shape index (κ3) is 3.00. The summed E-state index contributed by atoms with van der Waals surface area (Å²) < 4.78 is 19.5. The van der Waals surface area contributed by atoms with Gasteiger partial charge in [-0.05, 0) is 17.5 Å². The molecule has 0 unspecified atom stereocenters. The average molecular weight is 228 g/mol.